The van der Waals surface area contributed by atoms with Gasteiger partial charge in [-0.15, -0.1) is 4.79 Å². The van der Waals surface area contributed by atoms with Crippen molar-refractivity contribution in [2.75, 3.05) is 25.4 Å². The number of nitrogen functional groups attached to an aromatic ring is 1. The van der Waals surface area contributed by atoms with Crippen LogP contribution in [0.15, 0.2) is 12.1 Å². The van der Waals surface area contributed by atoms with Crippen LogP contribution in [0.25, 0.3) is 0 Å². The van der Waals surface area contributed by atoms with Gasteiger partial charge in [-0.3, -0.25) is 0 Å². The van der Waals surface area contributed by atoms with Crippen LogP contribution >= 0.6 is 11.6 Å². The highest BCUT2D eigenvalue weighted by Crippen LogP contribution is 2.33. The molecule has 2 aromatic rings. The molecule has 3 N–H and O–H groups in total. The van der Waals surface area contributed by atoms with Crippen LogP contribution in [0, 0.1) is 0 Å². The van der Waals surface area contributed by atoms with Crippen LogP contribution in [0.1, 0.15) is 5.56 Å². The van der Waals surface area contributed by atoms with Gasteiger partial charge in [-0.1, -0.05) is 16.7 Å². The first-order valence-corrected chi connectivity index (χ1v) is 5.71. The van der Waals surface area contributed by atoms with E-state index in [1.165, 1.54) is 4.79 Å². The standard InChI is InChI=1S/C10H13ClN6O2/c1-18-8-3-6(7(11)4-9(8)19-2)5-13-17-10(12)14-15-16-17/h3-4,13H,5H2,1-2H3,(H2,12,14,16). The van der Waals surface area contributed by atoms with Crippen LogP contribution in [0.2, 0.25) is 5.02 Å². The number of aromatic nitrogens is 4. The van der Waals surface area contributed by atoms with Crippen LogP contribution in [0.4, 0.5) is 5.95 Å². The van der Waals surface area contributed by atoms with E-state index in [2.05, 4.69) is 21.0 Å². The Hall–Kier alpha value is -2.22. The molecule has 2 rings (SSSR count). The third-order valence-electron chi connectivity index (χ3n) is 2.47. The van der Waals surface area contributed by atoms with Crippen molar-refractivity contribution < 1.29 is 9.47 Å². The van der Waals surface area contributed by atoms with E-state index in [1.54, 1.807) is 26.4 Å². The molecule has 0 unspecified atom stereocenters. The van der Waals surface area contributed by atoms with E-state index in [1.807, 2.05) is 0 Å². The molecule has 0 fully saturated rings. The first-order valence-electron chi connectivity index (χ1n) is 5.34. The number of nitrogens with two attached hydrogens (primary N) is 1. The number of hydrogen-bond donors (Lipinski definition) is 2. The Morgan fingerprint density at radius 3 is 2.58 bits per heavy atom. The first kappa shape index (κ1) is 13.2. The predicted octanol–water partition coefficient (Wildman–Crippen LogP) is 0.670. The fraction of sp³-hybridized carbons (Fsp3) is 0.300. The summed E-state index contributed by atoms with van der Waals surface area (Å²) in [6, 6.07) is 3.45. The molecule has 8 nitrogen and oxygen atoms in total. The third kappa shape index (κ3) is 2.79. The maximum absolute atomic E-state index is 6.15. The summed E-state index contributed by atoms with van der Waals surface area (Å²) < 4.78 is 10.4. The number of nitrogens with one attached hydrogen (secondary N) is 1. The quantitative estimate of drug-likeness (QED) is 0.832. The van der Waals surface area contributed by atoms with Crippen molar-refractivity contribution in [2.24, 2.45) is 0 Å². The third-order valence-corrected chi connectivity index (χ3v) is 2.82. The van der Waals surface area contributed by atoms with E-state index in [0.29, 0.717) is 23.1 Å². The van der Waals surface area contributed by atoms with Crippen LogP contribution < -0.4 is 20.6 Å². The summed E-state index contributed by atoms with van der Waals surface area (Å²) in [5, 5.41) is 11.2. The molecular weight excluding hydrogens is 272 g/mol. The minimum atomic E-state index is 0.164. The molecule has 0 saturated carbocycles. The van der Waals surface area contributed by atoms with Gasteiger partial charge in [0.1, 0.15) is 0 Å². The normalized spacial score (nSPS) is 10.3. The topological polar surface area (TPSA) is 100 Å². The first-order chi connectivity index (χ1) is 9.15. The Bertz CT molecular complexity index is 573. The summed E-state index contributed by atoms with van der Waals surface area (Å²) in [6.07, 6.45) is 0. The highest BCUT2D eigenvalue weighted by Gasteiger charge is 2.10. The second-order valence-electron chi connectivity index (χ2n) is 3.58. The zero-order valence-corrected chi connectivity index (χ0v) is 11.2. The van der Waals surface area contributed by atoms with E-state index in [9.17, 15) is 0 Å². The number of benzene rings is 1. The van der Waals surface area contributed by atoms with Crippen molar-refractivity contribution in [3.05, 3.63) is 22.7 Å². The van der Waals surface area contributed by atoms with Crippen molar-refractivity contribution in [1.82, 2.24) is 20.3 Å². The number of ether oxygens (including phenoxy) is 2. The van der Waals surface area contributed by atoms with Gasteiger partial charge in [0.25, 0.3) is 5.95 Å². The Morgan fingerprint density at radius 2 is 2.00 bits per heavy atom. The zero-order chi connectivity index (χ0) is 13.8. The lowest BCUT2D eigenvalue weighted by Gasteiger charge is -2.12. The fourth-order valence-corrected chi connectivity index (χ4v) is 1.72. The Kier molecular flexibility index (Phi) is 3.91. The van der Waals surface area contributed by atoms with Gasteiger partial charge in [0.05, 0.1) is 20.8 Å². The van der Waals surface area contributed by atoms with Gasteiger partial charge in [-0.25, -0.2) is 0 Å². The van der Waals surface area contributed by atoms with Crippen LogP contribution in [-0.4, -0.2) is 34.5 Å². The highest BCUT2D eigenvalue weighted by molar-refractivity contribution is 6.31. The number of rotatable bonds is 5. The summed E-state index contributed by atoms with van der Waals surface area (Å²) in [6.45, 7) is 0.383. The van der Waals surface area contributed by atoms with Crippen molar-refractivity contribution in [3.8, 4) is 11.5 Å². The maximum Gasteiger partial charge on any atom is 0.260 e. The van der Waals surface area contributed by atoms with Crippen molar-refractivity contribution in [2.45, 2.75) is 6.54 Å². The lowest BCUT2D eigenvalue weighted by Crippen LogP contribution is -2.18. The second kappa shape index (κ2) is 5.61. The molecule has 1 aromatic carbocycles. The molecule has 0 aliphatic rings. The molecule has 1 heterocycles. The largest absolute Gasteiger partial charge is 0.493 e. The summed E-state index contributed by atoms with van der Waals surface area (Å²) in [5.41, 5.74) is 9.24. The molecule has 9 heteroatoms. The van der Waals surface area contributed by atoms with Gasteiger partial charge in [0, 0.05) is 11.1 Å². The van der Waals surface area contributed by atoms with Crippen molar-refractivity contribution in [1.29, 1.82) is 0 Å². The number of methoxy groups -OCH3 is 2. The van der Waals surface area contributed by atoms with Crippen LogP contribution in [0.5, 0.6) is 11.5 Å². The predicted molar refractivity (Wildman–Crippen MR) is 69.9 cm³/mol. The van der Waals surface area contributed by atoms with Crippen LogP contribution in [-0.2, 0) is 6.54 Å². The molecule has 0 saturated heterocycles. The molecule has 19 heavy (non-hydrogen) atoms. The number of hydrogen-bond acceptors (Lipinski definition) is 7. The molecule has 0 amide bonds. The molecular formula is C10H13ClN6O2. The second-order valence-corrected chi connectivity index (χ2v) is 3.99. The number of anilines is 1. The Labute approximate surface area is 114 Å². The average molecular weight is 285 g/mol. The van der Waals surface area contributed by atoms with E-state index in [4.69, 9.17) is 26.8 Å². The number of nitrogens with zero attached hydrogens (tertiary/aromatic N) is 4. The van der Waals surface area contributed by atoms with E-state index < -0.39 is 0 Å². The molecule has 102 valence electrons. The number of tetrazole rings is 1. The van der Waals surface area contributed by atoms with Crippen molar-refractivity contribution >= 4 is 17.5 Å². The lowest BCUT2D eigenvalue weighted by molar-refractivity contribution is 0.354. The van der Waals surface area contributed by atoms with Gasteiger partial charge >= 0.3 is 0 Å². The molecule has 0 radical (unpaired) electrons. The van der Waals surface area contributed by atoms with E-state index in [-0.39, 0.29) is 5.95 Å². The fourth-order valence-electron chi connectivity index (χ4n) is 1.50. The Balaban J connectivity index is 2.18. The molecule has 0 bridgehead atoms. The summed E-state index contributed by atoms with van der Waals surface area (Å²) >= 11 is 6.15. The number of halogens is 1. The maximum atomic E-state index is 6.15. The lowest BCUT2D eigenvalue weighted by atomic mass is 10.2. The van der Waals surface area contributed by atoms with Gasteiger partial charge in [0.15, 0.2) is 11.5 Å². The minimum absolute atomic E-state index is 0.164. The highest BCUT2D eigenvalue weighted by atomic mass is 35.5. The molecule has 0 aliphatic carbocycles. The average Bonchev–Trinajstić information content (AvgIpc) is 2.82. The van der Waals surface area contributed by atoms with Gasteiger partial charge in [-0.05, 0) is 22.1 Å². The van der Waals surface area contributed by atoms with E-state index >= 15 is 0 Å². The van der Waals surface area contributed by atoms with Crippen molar-refractivity contribution in [3.63, 3.8) is 0 Å². The summed E-state index contributed by atoms with van der Waals surface area (Å²) in [7, 11) is 3.11. The van der Waals surface area contributed by atoms with Gasteiger partial charge in [-0.2, -0.15) is 0 Å². The summed E-state index contributed by atoms with van der Waals surface area (Å²) in [4.78, 5) is 1.26. The molecule has 0 aliphatic heterocycles. The minimum Gasteiger partial charge on any atom is -0.493 e. The van der Waals surface area contributed by atoms with E-state index in [0.717, 1.165) is 5.56 Å². The monoisotopic (exact) mass is 284 g/mol. The SMILES string of the molecule is COc1cc(Cl)c(CNn2nnnc2N)cc1OC. The van der Waals surface area contributed by atoms with Gasteiger partial charge < -0.3 is 20.6 Å². The Morgan fingerprint density at radius 1 is 1.32 bits per heavy atom. The van der Waals surface area contributed by atoms with Gasteiger partial charge in [0.2, 0.25) is 0 Å². The molecule has 1 aromatic heterocycles. The zero-order valence-electron chi connectivity index (χ0n) is 10.4. The molecule has 0 spiro atoms. The van der Waals surface area contributed by atoms with Crippen LogP contribution in [0.3, 0.4) is 0 Å². The molecule has 0 atom stereocenters. The smallest absolute Gasteiger partial charge is 0.260 e. The summed E-state index contributed by atoms with van der Waals surface area (Å²) in [5.74, 6) is 1.32.